The van der Waals surface area contributed by atoms with E-state index in [9.17, 15) is 0 Å². The van der Waals surface area contributed by atoms with Gasteiger partial charge in [0.2, 0.25) is 0 Å². The van der Waals surface area contributed by atoms with Crippen molar-refractivity contribution in [1.82, 2.24) is 5.43 Å². The first kappa shape index (κ1) is 13.3. The Morgan fingerprint density at radius 3 is 2.50 bits per heavy atom. The van der Waals surface area contributed by atoms with E-state index >= 15 is 0 Å². The van der Waals surface area contributed by atoms with Crippen molar-refractivity contribution < 1.29 is 4.42 Å². The van der Waals surface area contributed by atoms with E-state index in [1.54, 1.807) is 6.26 Å². The molecular formula is C14H17BrN2O. The van der Waals surface area contributed by atoms with Crippen LogP contribution in [-0.4, -0.2) is 0 Å². The van der Waals surface area contributed by atoms with Gasteiger partial charge in [-0.05, 0) is 34.0 Å². The molecule has 0 radical (unpaired) electrons. The van der Waals surface area contributed by atoms with Crippen LogP contribution in [0.25, 0.3) is 0 Å². The van der Waals surface area contributed by atoms with Crippen LogP contribution in [0.15, 0.2) is 51.6 Å². The molecule has 1 heterocycles. The van der Waals surface area contributed by atoms with E-state index < -0.39 is 0 Å². The van der Waals surface area contributed by atoms with Crippen LogP contribution < -0.4 is 11.3 Å². The molecule has 2 aromatic rings. The monoisotopic (exact) mass is 308 g/mol. The summed E-state index contributed by atoms with van der Waals surface area (Å²) in [5, 5.41) is 0. The largest absolute Gasteiger partial charge is 0.466 e. The second kappa shape index (κ2) is 6.18. The topological polar surface area (TPSA) is 51.2 Å². The summed E-state index contributed by atoms with van der Waals surface area (Å²) in [6.07, 6.45) is 2.65. The molecular weight excluding hydrogens is 292 g/mol. The van der Waals surface area contributed by atoms with E-state index in [4.69, 9.17) is 10.3 Å². The van der Waals surface area contributed by atoms with Crippen molar-refractivity contribution in [2.75, 3.05) is 0 Å². The average molecular weight is 309 g/mol. The molecule has 1 aromatic carbocycles. The summed E-state index contributed by atoms with van der Waals surface area (Å²) in [6, 6.07) is 12.2. The van der Waals surface area contributed by atoms with Gasteiger partial charge in [-0.3, -0.25) is 5.84 Å². The molecule has 2 unspecified atom stereocenters. The quantitative estimate of drug-likeness (QED) is 0.653. The summed E-state index contributed by atoms with van der Waals surface area (Å²) >= 11 is 3.49. The lowest BCUT2D eigenvalue weighted by molar-refractivity contribution is 0.361. The lowest BCUT2D eigenvalue weighted by Gasteiger charge is -2.24. The van der Waals surface area contributed by atoms with E-state index in [-0.39, 0.29) is 12.0 Å². The first-order valence-corrected chi connectivity index (χ1v) is 6.81. The third kappa shape index (κ3) is 2.66. The van der Waals surface area contributed by atoms with Crippen molar-refractivity contribution >= 4 is 15.9 Å². The van der Waals surface area contributed by atoms with Crippen LogP contribution in [0.1, 0.15) is 36.6 Å². The van der Waals surface area contributed by atoms with Gasteiger partial charge in [-0.25, -0.2) is 5.43 Å². The molecule has 0 amide bonds. The third-order valence-corrected chi connectivity index (χ3v) is 3.83. The number of furan rings is 1. The molecule has 3 N–H and O–H groups in total. The van der Waals surface area contributed by atoms with Crippen molar-refractivity contribution in [3.63, 3.8) is 0 Å². The Hall–Kier alpha value is -1.10. The van der Waals surface area contributed by atoms with E-state index in [0.717, 1.165) is 16.7 Å². The Bertz CT molecular complexity index is 484. The molecule has 2 rings (SSSR count). The molecule has 3 nitrogen and oxygen atoms in total. The Balaban J connectivity index is 2.34. The molecule has 0 bridgehead atoms. The number of halogens is 1. The maximum absolute atomic E-state index is 5.72. The van der Waals surface area contributed by atoms with Gasteiger partial charge in [0.25, 0.3) is 0 Å². The lowest BCUT2D eigenvalue weighted by atomic mass is 9.88. The molecule has 0 aliphatic heterocycles. The standard InChI is InChI=1S/C14H17BrN2O/c1-2-11(10-6-4-3-5-7-10)13(17-16)14-12(15)8-9-18-14/h3-9,11,13,17H,2,16H2,1H3. The Morgan fingerprint density at radius 1 is 1.28 bits per heavy atom. The number of nitrogens with one attached hydrogen (secondary N) is 1. The molecule has 0 spiro atoms. The number of hydrogen-bond donors (Lipinski definition) is 2. The van der Waals surface area contributed by atoms with Crippen molar-refractivity contribution in [1.29, 1.82) is 0 Å². The number of rotatable bonds is 5. The minimum atomic E-state index is -0.0400. The summed E-state index contributed by atoms with van der Waals surface area (Å²) in [5.41, 5.74) is 4.13. The van der Waals surface area contributed by atoms with Gasteiger partial charge in [0.05, 0.1) is 16.8 Å². The van der Waals surface area contributed by atoms with Crippen molar-refractivity contribution in [2.45, 2.75) is 25.3 Å². The zero-order valence-electron chi connectivity index (χ0n) is 10.3. The minimum absolute atomic E-state index is 0.0400. The molecule has 0 aliphatic carbocycles. The highest BCUT2D eigenvalue weighted by Gasteiger charge is 2.26. The zero-order valence-corrected chi connectivity index (χ0v) is 11.9. The fourth-order valence-corrected chi connectivity index (χ4v) is 2.71. The summed E-state index contributed by atoms with van der Waals surface area (Å²) in [4.78, 5) is 0. The number of nitrogens with two attached hydrogens (primary N) is 1. The predicted octanol–water partition coefficient (Wildman–Crippen LogP) is 3.74. The maximum Gasteiger partial charge on any atom is 0.136 e. The molecule has 96 valence electrons. The van der Waals surface area contributed by atoms with Crippen LogP contribution in [0, 0.1) is 0 Å². The van der Waals surface area contributed by atoms with E-state index in [2.05, 4.69) is 40.4 Å². The van der Waals surface area contributed by atoms with Crippen LogP contribution in [0.3, 0.4) is 0 Å². The lowest BCUT2D eigenvalue weighted by Crippen LogP contribution is -2.32. The SMILES string of the molecule is CCC(c1ccccc1)C(NN)c1occc1Br. The zero-order chi connectivity index (χ0) is 13.0. The highest BCUT2D eigenvalue weighted by molar-refractivity contribution is 9.10. The molecule has 0 fully saturated rings. The molecule has 0 saturated heterocycles. The van der Waals surface area contributed by atoms with Crippen LogP contribution in [0.4, 0.5) is 0 Å². The molecule has 1 aromatic heterocycles. The Labute approximate surface area is 115 Å². The third-order valence-electron chi connectivity index (χ3n) is 3.18. The van der Waals surface area contributed by atoms with Gasteiger partial charge in [-0.15, -0.1) is 0 Å². The van der Waals surface area contributed by atoms with E-state index in [1.807, 2.05) is 24.3 Å². The molecule has 18 heavy (non-hydrogen) atoms. The van der Waals surface area contributed by atoms with Crippen molar-refractivity contribution in [2.24, 2.45) is 5.84 Å². The summed E-state index contributed by atoms with van der Waals surface area (Å²) in [7, 11) is 0. The highest BCUT2D eigenvalue weighted by Crippen LogP contribution is 2.36. The molecule has 0 aliphatic rings. The number of benzene rings is 1. The van der Waals surface area contributed by atoms with Gasteiger partial charge < -0.3 is 4.42 Å². The van der Waals surface area contributed by atoms with E-state index in [1.165, 1.54) is 5.56 Å². The van der Waals surface area contributed by atoms with Crippen LogP contribution in [0.5, 0.6) is 0 Å². The maximum atomic E-state index is 5.72. The van der Waals surface area contributed by atoms with Gasteiger partial charge in [0.1, 0.15) is 5.76 Å². The van der Waals surface area contributed by atoms with Crippen LogP contribution >= 0.6 is 15.9 Å². The first-order chi connectivity index (χ1) is 8.77. The summed E-state index contributed by atoms with van der Waals surface area (Å²) in [5.74, 6) is 6.83. The summed E-state index contributed by atoms with van der Waals surface area (Å²) in [6.45, 7) is 2.15. The van der Waals surface area contributed by atoms with Gasteiger partial charge in [-0.2, -0.15) is 0 Å². The van der Waals surface area contributed by atoms with Crippen molar-refractivity contribution in [3.8, 4) is 0 Å². The number of hydrazine groups is 1. The Kier molecular flexibility index (Phi) is 4.58. The normalized spacial score (nSPS) is 14.4. The fourth-order valence-electron chi connectivity index (χ4n) is 2.27. The second-order valence-electron chi connectivity index (χ2n) is 4.20. The average Bonchev–Trinajstić information content (AvgIpc) is 2.83. The Morgan fingerprint density at radius 2 is 2.00 bits per heavy atom. The predicted molar refractivity (Wildman–Crippen MR) is 75.9 cm³/mol. The van der Waals surface area contributed by atoms with Gasteiger partial charge in [0, 0.05) is 5.92 Å². The second-order valence-corrected chi connectivity index (χ2v) is 5.06. The van der Waals surface area contributed by atoms with E-state index in [0.29, 0.717) is 0 Å². The van der Waals surface area contributed by atoms with Crippen LogP contribution in [0.2, 0.25) is 0 Å². The summed E-state index contributed by atoms with van der Waals surface area (Å²) < 4.78 is 6.48. The van der Waals surface area contributed by atoms with Gasteiger partial charge in [0.15, 0.2) is 0 Å². The fraction of sp³-hybridized carbons (Fsp3) is 0.286. The van der Waals surface area contributed by atoms with Gasteiger partial charge >= 0.3 is 0 Å². The first-order valence-electron chi connectivity index (χ1n) is 6.01. The highest BCUT2D eigenvalue weighted by atomic mass is 79.9. The molecule has 4 heteroatoms. The minimum Gasteiger partial charge on any atom is -0.466 e. The molecule has 2 atom stereocenters. The van der Waals surface area contributed by atoms with Crippen LogP contribution in [-0.2, 0) is 0 Å². The molecule has 0 saturated carbocycles. The van der Waals surface area contributed by atoms with Crippen molar-refractivity contribution in [3.05, 3.63) is 58.5 Å². The number of hydrogen-bond acceptors (Lipinski definition) is 3. The van der Waals surface area contributed by atoms with Gasteiger partial charge in [-0.1, -0.05) is 37.3 Å². The smallest absolute Gasteiger partial charge is 0.136 e.